The highest BCUT2D eigenvalue weighted by molar-refractivity contribution is 8.00. The molecule has 118 valence electrons. The highest BCUT2D eigenvalue weighted by atomic mass is 32.2. The quantitative estimate of drug-likeness (QED) is 0.829. The molecule has 0 unspecified atom stereocenters. The van der Waals surface area contributed by atoms with E-state index < -0.39 is 0 Å². The molecule has 0 aliphatic carbocycles. The summed E-state index contributed by atoms with van der Waals surface area (Å²) in [6.45, 7) is 6.60. The number of nitrogens with zero attached hydrogens (tertiary/aromatic N) is 3. The fourth-order valence-corrected chi connectivity index (χ4v) is 2.81. The fraction of sp³-hybridized carbons (Fsp3) is 0.400. The van der Waals surface area contributed by atoms with Crippen molar-refractivity contribution in [1.29, 1.82) is 0 Å². The molecule has 1 aromatic heterocycles. The average Bonchev–Trinajstić information content (AvgIpc) is 2.94. The van der Waals surface area contributed by atoms with Crippen LogP contribution in [-0.2, 0) is 11.3 Å². The Balaban J connectivity index is 2.07. The van der Waals surface area contributed by atoms with Gasteiger partial charge >= 0.3 is 0 Å². The molecule has 0 aliphatic rings. The van der Waals surface area contributed by atoms with Gasteiger partial charge in [-0.25, -0.2) is 0 Å². The number of carbonyl (C=O) groups is 1. The van der Waals surface area contributed by atoms with E-state index in [9.17, 15) is 4.79 Å². The van der Waals surface area contributed by atoms with E-state index in [4.69, 9.17) is 4.74 Å². The Kier molecular flexibility index (Phi) is 5.43. The van der Waals surface area contributed by atoms with E-state index in [0.29, 0.717) is 11.4 Å². The Hall–Kier alpha value is -2.02. The largest absolute Gasteiger partial charge is 0.495 e. The lowest BCUT2D eigenvalue weighted by Crippen LogP contribution is -2.23. The van der Waals surface area contributed by atoms with Crippen molar-refractivity contribution in [3.63, 3.8) is 0 Å². The van der Waals surface area contributed by atoms with E-state index >= 15 is 0 Å². The standard InChI is InChI=1S/C15H20N4O2S/c1-5-19-9-16-18-15(19)22-11(3)14(20)17-12-8-10(2)6-7-13(12)21-4/h6-9,11H,5H2,1-4H3,(H,17,20)/t11-/m1/s1. The number of rotatable bonds is 6. The number of hydrogen-bond donors (Lipinski definition) is 1. The minimum Gasteiger partial charge on any atom is -0.495 e. The third kappa shape index (κ3) is 3.79. The lowest BCUT2D eigenvalue weighted by atomic mass is 10.2. The first kappa shape index (κ1) is 16.4. The normalized spacial score (nSPS) is 12.0. The van der Waals surface area contributed by atoms with Gasteiger partial charge in [-0.2, -0.15) is 0 Å². The van der Waals surface area contributed by atoms with E-state index in [2.05, 4.69) is 15.5 Å². The lowest BCUT2D eigenvalue weighted by Gasteiger charge is -2.14. The van der Waals surface area contributed by atoms with Crippen LogP contribution in [0.2, 0.25) is 0 Å². The molecular weight excluding hydrogens is 300 g/mol. The second kappa shape index (κ2) is 7.31. The molecule has 0 saturated carbocycles. The predicted octanol–water partition coefficient (Wildman–Crippen LogP) is 2.73. The van der Waals surface area contributed by atoms with Crippen LogP contribution in [-0.4, -0.2) is 33.0 Å². The summed E-state index contributed by atoms with van der Waals surface area (Å²) in [6.07, 6.45) is 1.66. The molecule has 0 fully saturated rings. The monoisotopic (exact) mass is 320 g/mol. The maximum Gasteiger partial charge on any atom is 0.237 e. The molecule has 0 aliphatic heterocycles. The highest BCUT2D eigenvalue weighted by Crippen LogP contribution is 2.27. The van der Waals surface area contributed by atoms with Crippen molar-refractivity contribution in [2.45, 2.75) is 37.7 Å². The van der Waals surface area contributed by atoms with Gasteiger partial charge < -0.3 is 14.6 Å². The molecule has 6 nitrogen and oxygen atoms in total. The molecule has 0 radical (unpaired) electrons. The summed E-state index contributed by atoms with van der Waals surface area (Å²) < 4.78 is 7.18. The zero-order valence-electron chi connectivity index (χ0n) is 13.2. The maximum absolute atomic E-state index is 12.4. The van der Waals surface area contributed by atoms with Gasteiger partial charge in [0.2, 0.25) is 5.91 Å². The summed E-state index contributed by atoms with van der Waals surface area (Å²) >= 11 is 1.38. The number of carbonyl (C=O) groups excluding carboxylic acids is 1. The molecule has 1 heterocycles. The number of ether oxygens (including phenoxy) is 1. The maximum atomic E-state index is 12.4. The van der Waals surface area contributed by atoms with Crippen molar-refractivity contribution >= 4 is 23.4 Å². The van der Waals surface area contributed by atoms with Crippen LogP contribution in [0.3, 0.4) is 0 Å². The molecule has 0 saturated heterocycles. The first-order valence-electron chi connectivity index (χ1n) is 7.05. The average molecular weight is 320 g/mol. The number of methoxy groups -OCH3 is 1. The van der Waals surface area contributed by atoms with E-state index in [1.54, 1.807) is 13.4 Å². The van der Waals surface area contributed by atoms with Crippen LogP contribution in [0.4, 0.5) is 5.69 Å². The van der Waals surface area contributed by atoms with Gasteiger partial charge in [0, 0.05) is 6.54 Å². The fourth-order valence-electron chi connectivity index (χ4n) is 1.92. The minimum absolute atomic E-state index is 0.0976. The van der Waals surface area contributed by atoms with Crippen LogP contribution in [0.1, 0.15) is 19.4 Å². The molecule has 2 rings (SSSR count). The number of benzene rings is 1. The van der Waals surface area contributed by atoms with Crippen molar-refractivity contribution in [2.75, 3.05) is 12.4 Å². The van der Waals surface area contributed by atoms with Gasteiger partial charge in [0.1, 0.15) is 12.1 Å². The number of aromatic nitrogens is 3. The minimum atomic E-state index is -0.292. The van der Waals surface area contributed by atoms with Gasteiger partial charge in [-0.05, 0) is 38.5 Å². The Morgan fingerprint density at radius 3 is 2.95 bits per heavy atom. The molecule has 1 N–H and O–H groups in total. The topological polar surface area (TPSA) is 69.0 Å². The van der Waals surface area contributed by atoms with Crippen LogP contribution in [0.25, 0.3) is 0 Å². The van der Waals surface area contributed by atoms with E-state index in [1.165, 1.54) is 11.8 Å². The zero-order valence-corrected chi connectivity index (χ0v) is 14.0. The Labute approximate surface area is 134 Å². The summed E-state index contributed by atoms with van der Waals surface area (Å²) in [5.41, 5.74) is 1.74. The molecule has 7 heteroatoms. The van der Waals surface area contributed by atoms with Crippen molar-refractivity contribution in [1.82, 2.24) is 14.8 Å². The third-order valence-corrected chi connectivity index (χ3v) is 4.28. The SMILES string of the molecule is CCn1cnnc1S[C@H](C)C(=O)Nc1cc(C)ccc1OC. The lowest BCUT2D eigenvalue weighted by molar-refractivity contribution is -0.115. The highest BCUT2D eigenvalue weighted by Gasteiger charge is 2.19. The van der Waals surface area contributed by atoms with E-state index in [1.807, 2.05) is 43.5 Å². The van der Waals surface area contributed by atoms with Gasteiger partial charge in [0.05, 0.1) is 18.0 Å². The van der Waals surface area contributed by atoms with Crippen LogP contribution in [0, 0.1) is 6.92 Å². The number of amides is 1. The number of thioether (sulfide) groups is 1. The molecule has 1 atom stereocenters. The molecule has 0 spiro atoms. The van der Waals surface area contributed by atoms with Gasteiger partial charge in [-0.3, -0.25) is 4.79 Å². The van der Waals surface area contributed by atoms with Crippen LogP contribution >= 0.6 is 11.8 Å². The molecular formula is C15H20N4O2S. The van der Waals surface area contributed by atoms with Crippen LogP contribution in [0.5, 0.6) is 5.75 Å². The molecule has 0 bridgehead atoms. The third-order valence-electron chi connectivity index (χ3n) is 3.18. The molecule has 1 amide bonds. The zero-order chi connectivity index (χ0) is 16.1. The first-order valence-corrected chi connectivity index (χ1v) is 7.93. The van der Waals surface area contributed by atoms with Gasteiger partial charge in [0.15, 0.2) is 5.16 Å². The second-order valence-corrected chi connectivity index (χ2v) is 6.16. The first-order chi connectivity index (χ1) is 10.5. The van der Waals surface area contributed by atoms with E-state index in [-0.39, 0.29) is 11.2 Å². The summed E-state index contributed by atoms with van der Waals surface area (Å²) in [4.78, 5) is 12.4. The van der Waals surface area contributed by atoms with Crippen molar-refractivity contribution in [3.05, 3.63) is 30.1 Å². The summed E-state index contributed by atoms with van der Waals surface area (Å²) in [7, 11) is 1.59. The molecule has 2 aromatic rings. The summed E-state index contributed by atoms with van der Waals surface area (Å²) in [5.74, 6) is 0.549. The van der Waals surface area contributed by atoms with Gasteiger partial charge in [0.25, 0.3) is 0 Å². The van der Waals surface area contributed by atoms with Crippen LogP contribution in [0.15, 0.2) is 29.7 Å². The molecule has 1 aromatic carbocycles. The second-order valence-electron chi connectivity index (χ2n) is 4.85. The van der Waals surface area contributed by atoms with E-state index in [0.717, 1.165) is 17.3 Å². The molecule has 22 heavy (non-hydrogen) atoms. The van der Waals surface area contributed by atoms with Gasteiger partial charge in [-0.15, -0.1) is 10.2 Å². The summed E-state index contributed by atoms with van der Waals surface area (Å²) in [5, 5.41) is 11.3. The Morgan fingerprint density at radius 1 is 1.50 bits per heavy atom. The summed E-state index contributed by atoms with van der Waals surface area (Å²) in [6, 6.07) is 5.68. The van der Waals surface area contributed by atoms with Crippen LogP contribution < -0.4 is 10.1 Å². The number of anilines is 1. The smallest absolute Gasteiger partial charge is 0.237 e. The van der Waals surface area contributed by atoms with Crippen molar-refractivity contribution in [2.24, 2.45) is 0 Å². The van der Waals surface area contributed by atoms with Crippen molar-refractivity contribution < 1.29 is 9.53 Å². The number of nitrogens with one attached hydrogen (secondary N) is 1. The number of hydrogen-bond acceptors (Lipinski definition) is 5. The van der Waals surface area contributed by atoms with Crippen molar-refractivity contribution in [3.8, 4) is 5.75 Å². The Morgan fingerprint density at radius 2 is 2.27 bits per heavy atom. The Bertz CT molecular complexity index is 657. The predicted molar refractivity (Wildman–Crippen MR) is 87.4 cm³/mol. The number of aryl methyl sites for hydroxylation is 2. The van der Waals surface area contributed by atoms with Gasteiger partial charge in [-0.1, -0.05) is 17.8 Å².